The van der Waals surface area contributed by atoms with Gasteiger partial charge in [-0.05, 0) is 17.9 Å². The van der Waals surface area contributed by atoms with Crippen LogP contribution in [0.15, 0.2) is 29.3 Å². The van der Waals surface area contributed by atoms with E-state index in [0.717, 1.165) is 30.4 Å². The first-order chi connectivity index (χ1) is 10.5. The number of nitrogens with zero attached hydrogens (tertiary/aromatic N) is 2. The topological polar surface area (TPSA) is 79.6 Å². The summed E-state index contributed by atoms with van der Waals surface area (Å²) < 4.78 is 0. The Balaban J connectivity index is 0.00000484. The van der Waals surface area contributed by atoms with Gasteiger partial charge in [0.15, 0.2) is 5.96 Å². The van der Waals surface area contributed by atoms with Gasteiger partial charge in [-0.15, -0.1) is 24.0 Å². The summed E-state index contributed by atoms with van der Waals surface area (Å²) in [6.07, 6.45) is 3.58. The fraction of sp³-hybridized carbons (Fsp3) is 0.562. The predicted molar refractivity (Wildman–Crippen MR) is 105 cm³/mol. The number of rotatable bonds is 8. The molecule has 0 spiro atoms. The molecule has 1 rings (SSSR count). The molecule has 7 heteroatoms. The summed E-state index contributed by atoms with van der Waals surface area (Å²) in [7, 11) is 1.74. The SMILES string of the molecule is CN=C(NCCCCC(C)C)NCc1ccc([N+](=O)[O-])cc1.I. The molecule has 0 heterocycles. The molecule has 0 aliphatic rings. The van der Waals surface area contributed by atoms with Crippen molar-refractivity contribution in [2.75, 3.05) is 13.6 Å². The number of hydrogen-bond acceptors (Lipinski definition) is 3. The van der Waals surface area contributed by atoms with Crippen LogP contribution in [-0.4, -0.2) is 24.5 Å². The number of non-ortho nitro benzene ring substituents is 1. The monoisotopic (exact) mass is 434 g/mol. The Morgan fingerprint density at radius 1 is 1.22 bits per heavy atom. The molecule has 0 fully saturated rings. The molecule has 2 N–H and O–H groups in total. The fourth-order valence-corrected chi connectivity index (χ4v) is 2.03. The minimum absolute atomic E-state index is 0. The van der Waals surface area contributed by atoms with Gasteiger partial charge in [0.05, 0.1) is 4.92 Å². The van der Waals surface area contributed by atoms with Gasteiger partial charge in [0, 0.05) is 32.3 Å². The van der Waals surface area contributed by atoms with Crippen molar-refractivity contribution >= 4 is 35.6 Å². The van der Waals surface area contributed by atoms with Gasteiger partial charge in [0.2, 0.25) is 0 Å². The van der Waals surface area contributed by atoms with Crippen LogP contribution in [0.5, 0.6) is 0 Å². The zero-order valence-corrected chi connectivity index (χ0v) is 16.4. The van der Waals surface area contributed by atoms with Crippen LogP contribution >= 0.6 is 24.0 Å². The molecule has 23 heavy (non-hydrogen) atoms. The van der Waals surface area contributed by atoms with Gasteiger partial charge in [-0.2, -0.15) is 0 Å². The molecule has 0 aromatic heterocycles. The van der Waals surface area contributed by atoms with Gasteiger partial charge in [-0.25, -0.2) is 0 Å². The third-order valence-electron chi connectivity index (χ3n) is 3.33. The Morgan fingerprint density at radius 2 is 1.87 bits per heavy atom. The highest BCUT2D eigenvalue weighted by Crippen LogP contribution is 2.11. The summed E-state index contributed by atoms with van der Waals surface area (Å²) in [5, 5.41) is 17.1. The second-order valence-electron chi connectivity index (χ2n) is 5.67. The molecular formula is C16H27IN4O2. The number of halogens is 1. The van der Waals surface area contributed by atoms with Gasteiger partial charge in [0.25, 0.3) is 5.69 Å². The molecule has 0 aliphatic carbocycles. The fourth-order valence-electron chi connectivity index (χ4n) is 2.03. The highest BCUT2D eigenvalue weighted by atomic mass is 127. The number of nitrogens with one attached hydrogen (secondary N) is 2. The number of nitro groups is 1. The van der Waals surface area contributed by atoms with Gasteiger partial charge in [0.1, 0.15) is 0 Å². The molecule has 0 atom stereocenters. The Bertz CT molecular complexity index is 489. The Morgan fingerprint density at radius 3 is 2.39 bits per heavy atom. The zero-order chi connectivity index (χ0) is 16.4. The summed E-state index contributed by atoms with van der Waals surface area (Å²) in [4.78, 5) is 14.4. The highest BCUT2D eigenvalue weighted by Gasteiger charge is 2.04. The molecule has 0 aliphatic heterocycles. The Hall–Kier alpha value is -1.38. The van der Waals surface area contributed by atoms with Crippen molar-refractivity contribution in [3.8, 4) is 0 Å². The molecule has 0 saturated heterocycles. The normalized spacial score (nSPS) is 11.0. The van der Waals surface area contributed by atoms with Crippen LogP contribution in [0.1, 0.15) is 38.7 Å². The average Bonchev–Trinajstić information content (AvgIpc) is 2.50. The van der Waals surface area contributed by atoms with E-state index >= 15 is 0 Å². The lowest BCUT2D eigenvalue weighted by molar-refractivity contribution is -0.384. The molecular weight excluding hydrogens is 407 g/mol. The smallest absolute Gasteiger partial charge is 0.269 e. The van der Waals surface area contributed by atoms with Crippen LogP contribution in [0.4, 0.5) is 5.69 Å². The molecule has 0 saturated carbocycles. The first-order valence-corrected chi connectivity index (χ1v) is 7.70. The number of aliphatic imine (C=N–C) groups is 1. The van der Waals surface area contributed by atoms with E-state index < -0.39 is 4.92 Å². The number of hydrogen-bond donors (Lipinski definition) is 2. The van der Waals surface area contributed by atoms with E-state index in [2.05, 4.69) is 29.5 Å². The predicted octanol–water partition coefficient (Wildman–Crippen LogP) is 3.70. The molecule has 1 aromatic rings. The van der Waals surface area contributed by atoms with Gasteiger partial charge >= 0.3 is 0 Å². The van der Waals surface area contributed by atoms with Crippen LogP contribution in [0.25, 0.3) is 0 Å². The summed E-state index contributed by atoms with van der Waals surface area (Å²) in [5.41, 5.74) is 1.09. The van der Waals surface area contributed by atoms with Gasteiger partial charge in [-0.1, -0.05) is 38.8 Å². The maximum atomic E-state index is 10.6. The van der Waals surface area contributed by atoms with E-state index in [1.54, 1.807) is 19.2 Å². The molecule has 0 radical (unpaired) electrons. The first-order valence-electron chi connectivity index (χ1n) is 7.70. The largest absolute Gasteiger partial charge is 0.356 e. The maximum absolute atomic E-state index is 10.6. The first kappa shape index (κ1) is 21.6. The van der Waals surface area contributed by atoms with Crippen molar-refractivity contribution < 1.29 is 4.92 Å². The Kier molecular flexibility index (Phi) is 11.4. The van der Waals surface area contributed by atoms with Crippen LogP contribution < -0.4 is 10.6 Å². The summed E-state index contributed by atoms with van der Waals surface area (Å²) in [5.74, 6) is 1.50. The van der Waals surface area contributed by atoms with Crippen LogP contribution in [-0.2, 0) is 6.54 Å². The quantitative estimate of drug-likeness (QED) is 0.163. The number of benzene rings is 1. The summed E-state index contributed by atoms with van der Waals surface area (Å²) >= 11 is 0. The van der Waals surface area contributed by atoms with Crippen molar-refractivity contribution in [2.24, 2.45) is 10.9 Å². The summed E-state index contributed by atoms with van der Waals surface area (Å²) in [6.45, 7) is 5.95. The van der Waals surface area contributed by atoms with E-state index in [1.807, 2.05) is 0 Å². The van der Waals surface area contributed by atoms with Crippen molar-refractivity contribution in [3.63, 3.8) is 0 Å². The van der Waals surface area contributed by atoms with Crippen LogP contribution in [0.2, 0.25) is 0 Å². The summed E-state index contributed by atoms with van der Waals surface area (Å²) in [6, 6.07) is 6.53. The molecule has 1 aromatic carbocycles. The third kappa shape index (κ3) is 9.37. The van der Waals surface area contributed by atoms with E-state index in [0.29, 0.717) is 6.54 Å². The van der Waals surface area contributed by atoms with E-state index in [1.165, 1.54) is 25.0 Å². The van der Waals surface area contributed by atoms with E-state index in [9.17, 15) is 10.1 Å². The van der Waals surface area contributed by atoms with Gasteiger partial charge in [-0.3, -0.25) is 15.1 Å². The van der Waals surface area contributed by atoms with Gasteiger partial charge < -0.3 is 10.6 Å². The van der Waals surface area contributed by atoms with Crippen molar-refractivity contribution in [1.29, 1.82) is 0 Å². The third-order valence-corrected chi connectivity index (χ3v) is 3.33. The van der Waals surface area contributed by atoms with Crippen molar-refractivity contribution in [2.45, 2.75) is 39.7 Å². The van der Waals surface area contributed by atoms with Crippen LogP contribution in [0.3, 0.4) is 0 Å². The second kappa shape index (κ2) is 12.1. The lowest BCUT2D eigenvalue weighted by Crippen LogP contribution is -2.37. The lowest BCUT2D eigenvalue weighted by atomic mass is 10.1. The van der Waals surface area contributed by atoms with Crippen molar-refractivity contribution in [1.82, 2.24) is 10.6 Å². The highest BCUT2D eigenvalue weighted by molar-refractivity contribution is 14.0. The molecule has 0 bridgehead atoms. The molecule has 0 amide bonds. The Labute approximate surface area is 155 Å². The molecule has 6 nitrogen and oxygen atoms in total. The molecule has 130 valence electrons. The maximum Gasteiger partial charge on any atom is 0.269 e. The standard InChI is InChI=1S/C16H26N4O2.HI/c1-13(2)6-4-5-11-18-16(17-3)19-12-14-7-9-15(10-8-14)20(21)22;/h7-10,13H,4-6,11-12H2,1-3H3,(H2,17,18,19);1H. The number of unbranched alkanes of at least 4 members (excludes halogenated alkanes) is 1. The molecule has 0 unspecified atom stereocenters. The van der Waals surface area contributed by atoms with Crippen molar-refractivity contribution in [3.05, 3.63) is 39.9 Å². The second-order valence-corrected chi connectivity index (χ2v) is 5.67. The average molecular weight is 434 g/mol. The number of nitro benzene ring substituents is 1. The minimum atomic E-state index is -0.394. The number of guanidine groups is 1. The lowest BCUT2D eigenvalue weighted by Gasteiger charge is -2.12. The minimum Gasteiger partial charge on any atom is -0.356 e. The van der Waals surface area contributed by atoms with Crippen LogP contribution in [0, 0.1) is 16.0 Å². The van der Waals surface area contributed by atoms with E-state index in [4.69, 9.17) is 0 Å². The zero-order valence-electron chi connectivity index (χ0n) is 14.0. The van der Waals surface area contributed by atoms with E-state index in [-0.39, 0.29) is 29.7 Å².